The molecular weight excluding hydrogens is 264 g/mol. The maximum Gasteiger partial charge on any atom is 0.251 e. The van der Waals surface area contributed by atoms with Gasteiger partial charge in [0, 0.05) is 25.3 Å². The van der Waals surface area contributed by atoms with E-state index in [9.17, 15) is 4.79 Å². The summed E-state index contributed by atoms with van der Waals surface area (Å²) in [5.41, 5.74) is 2.87. The number of nitrogens with zero attached hydrogens (tertiary/aromatic N) is 1. The van der Waals surface area contributed by atoms with Crippen molar-refractivity contribution in [2.45, 2.75) is 32.4 Å². The van der Waals surface area contributed by atoms with Crippen molar-refractivity contribution in [1.29, 1.82) is 0 Å². The van der Waals surface area contributed by atoms with Gasteiger partial charge in [0.1, 0.15) is 0 Å². The minimum absolute atomic E-state index is 0.0424. The lowest BCUT2D eigenvalue weighted by atomic mass is 9.84. The number of hydrogen-bond acceptors (Lipinski definition) is 3. The molecule has 1 aromatic carbocycles. The van der Waals surface area contributed by atoms with Gasteiger partial charge in [-0.05, 0) is 50.4 Å². The lowest BCUT2D eigenvalue weighted by molar-refractivity contribution is 0.0618. The van der Waals surface area contributed by atoms with Gasteiger partial charge in [0.05, 0.1) is 6.61 Å². The molecule has 21 heavy (non-hydrogen) atoms. The van der Waals surface area contributed by atoms with E-state index in [0.29, 0.717) is 18.6 Å². The van der Waals surface area contributed by atoms with Gasteiger partial charge in [-0.1, -0.05) is 17.7 Å². The molecular formula is C17H24N2O2. The number of carbonyl (C=O) groups is 1. The standard InChI is InChI=1S/C17H24N2O2/c1-12-3-4-15(14(9-12)11-21-2)17(20)18-16-10-19-7-5-13(16)6-8-19/h3-4,9,13,16H,5-8,10-11H2,1-2H3,(H,18,20). The monoisotopic (exact) mass is 288 g/mol. The summed E-state index contributed by atoms with van der Waals surface area (Å²) in [6.07, 6.45) is 2.42. The zero-order valence-electron chi connectivity index (χ0n) is 12.9. The van der Waals surface area contributed by atoms with Crippen LogP contribution in [-0.2, 0) is 11.3 Å². The summed E-state index contributed by atoms with van der Waals surface area (Å²) in [4.78, 5) is 15.1. The molecule has 1 unspecified atom stereocenters. The molecule has 3 fully saturated rings. The number of methoxy groups -OCH3 is 1. The molecule has 4 heteroatoms. The number of hydrogen-bond donors (Lipinski definition) is 1. The van der Waals surface area contributed by atoms with E-state index < -0.39 is 0 Å². The second kappa shape index (κ2) is 6.16. The Morgan fingerprint density at radius 3 is 2.76 bits per heavy atom. The van der Waals surface area contributed by atoms with Gasteiger partial charge in [0.25, 0.3) is 5.91 Å². The van der Waals surface area contributed by atoms with Gasteiger partial charge >= 0.3 is 0 Å². The van der Waals surface area contributed by atoms with Crippen LogP contribution in [0.3, 0.4) is 0 Å². The molecule has 3 aliphatic heterocycles. The topological polar surface area (TPSA) is 41.6 Å². The molecule has 1 atom stereocenters. The fraction of sp³-hybridized carbons (Fsp3) is 0.588. The maximum atomic E-state index is 12.6. The van der Waals surface area contributed by atoms with Gasteiger partial charge in [-0.2, -0.15) is 0 Å². The molecule has 0 aliphatic carbocycles. The van der Waals surface area contributed by atoms with E-state index in [4.69, 9.17) is 4.74 Å². The third-order valence-corrected chi connectivity index (χ3v) is 4.78. The molecule has 0 radical (unpaired) electrons. The number of carbonyl (C=O) groups excluding carboxylic acids is 1. The molecule has 2 bridgehead atoms. The fourth-order valence-electron chi connectivity index (χ4n) is 3.59. The van der Waals surface area contributed by atoms with Crippen LogP contribution in [-0.4, -0.2) is 43.6 Å². The zero-order chi connectivity index (χ0) is 14.8. The Labute approximate surface area is 126 Å². The minimum Gasteiger partial charge on any atom is -0.380 e. The van der Waals surface area contributed by atoms with Crippen LogP contribution < -0.4 is 5.32 Å². The van der Waals surface area contributed by atoms with E-state index in [1.807, 2.05) is 25.1 Å². The quantitative estimate of drug-likeness (QED) is 0.921. The summed E-state index contributed by atoms with van der Waals surface area (Å²) >= 11 is 0. The van der Waals surface area contributed by atoms with Crippen molar-refractivity contribution >= 4 is 5.91 Å². The summed E-state index contributed by atoms with van der Waals surface area (Å²) < 4.78 is 5.22. The Morgan fingerprint density at radius 1 is 1.38 bits per heavy atom. The van der Waals surface area contributed by atoms with Crippen molar-refractivity contribution in [3.63, 3.8) is 0 Å². The highest BCUT2D eigenvalue weighted by Gasteiger charge is 2.35. The van der Waals surface area contributed by atoms with Crippen LogP contribution in [0.4, 0.5) is 0 Å². The van der Waals surface area contributed by atoms with Crippen molar-refractivity contribution in [3.05, 3.63) is 34.9 Å². The average molecular weight is 288 g/mol. The number of aryl methyl sites for hydroxylation is 1. The molecule has 1 aromatic rings. The normalized spacial score (nSPS) is 27.6. The first-order chi connectivity index (χ1) is 10.2. The van der Waals surface area contributed by atoms with E-state index in [0.717, 1.165) is 23.2 Å². The predicted octanol–water partition coefficient (Wildman–Crippen LogP) is 1.97. The first-order valence-corrected chi connectivity index (χ1v) is 7.79. The zero-order valence-corrected chi connectivity index (χ0v) is 12.9. The van der Waals surface area contributed by atoms with Gasteiger partial charge < -0.3 is 15.0 Å². The maximum absolute atomic E-state index is 12.6. The number of rotatable bonds is 4. The molecule has 114 valence electrons. The Bertz CT molecular complexity index is 522. The van der Waals surface area contributed by atoms with E-state index in [2.05, 4.69) is 10.2 Å². The van der Waals surface area contributed by atoms with E-state index in [1.165, 1.54) is 25.9 Å². The highest BCUT2D eigenvalue weighted by atomic mass is 16.5. The number of benzene rings is 1. The third-order valence-electron chi connectivity index (χ3n) is 4.78. The summed E-state index contributed by atoms with van der Waals surface area (Å²) in [6, 6.07) is 6.25. The third kappa shape index (κ3) is 3.11. The van der Waals surface area contributed by atoms with Crippen molar-refractivity contribution in [3.8, 4) is 0 Å². The molecule has 4 nitrogen and oxygen atoms in total. The average Bonchev–Trinajstić information content (AvgIpc) is 2.49. The highest BCUT2D eigenvalue weighted by molar-refractivity contribution is 5.96. The van der Waals surface area contributed by atoms with Crippen LogP contribution in [0.25, 0.3) is 0 Å². The van der Waals surface area contributed by atoms with Gasteiger partial charge in [-0.25, -0.2) is 0 Å². The summed E-state index contributed by atoms with van der Waals surface area (Å²) in [6.45, 7) is 5.90. The van der Waals surface area contributed by atoms with Crippen molar-refractivity contribution in [2.24, 2.45) is 5.92 Å². The number of piperidine rings is 3. The second-order valence-electron chi connectivity index (χ2n) is 6.31. The molecule has 1 amide bonds. The molecule has 4 rings (SSSR count). The molecule has 3 aliphatic rings. The van der Waals surface area contributed by atoms with Crippen LogP contribution >= 0.6 is 0 Å². The smallest absolute Gasteiger partial charge is 0.251 e. The number of ether oxygens (including phenoxy) is 1. The second-order valence-corrected chi connectivity index (χ2v) is 6.31. The molecule has 3 heterocycles. The van der Waals surface area contributed by atoms with Gasteiger partial charge in [0.15, 0.2) is 0 Å². The van der Waals surface area contributed by atoms with Gasteiger partial charge in [-0.15, -0.1) is 0 Å². The van der Waals surface area contributed by atoms with Crippen molar-refractivity contribution in [2.75, 3.05) is 26.7 Å². The number of fused-ring (bicyclic) bond motifs is 3. The summed E-state index contributed by atoms with van der Waals surface area (Å²) in [5.74, 6) is 0.691. The lowest BCUT2D eigenvalue weighted by Crippen LogP contribution is -2.57. The Hall–Kier alpha value is -1.39. The van der Waals surface area contributed by atoms with Crippen LogP contribution in [0.1, 0.15) is 34.3 Å². The molecule has 0 spiro atoms. The van der Waals surface area contributed by atoms with E-state index in [1.54, 1.807) is 7.11 Å². The molecule has 0 saturated carbocycles. The largest absolute Gasteiger partial charge is 0.380 e. The first kappa shape index (κ1) is 14.5. The van der Waals surface area contributed by atoms with Crippen LogP contribution in [0.5, 0.6) is 0 Å². The van der Waals surface area contributed by atoms with Gasteiger partial charge in [0.2, 0.25) is 0 Å². The molecule has 1 N–H and O–H groups in total. The number of amides is 1. The minimum atomic E-state index is 0.0424. The fourth-order valence-corrected chi connectivity index (χ4v) is 3.59. The van der Waals surface area contributed by atoms with Crippen molar-refractivity contribution < 1.29 is 9.53 Å². The molecule has 3 saturated heterocycles. The Morgan fingerprint density at radius 2 is 2.14 bits per heavy atom. The molecule has 0 aromatic heterocycles. The van der Waals surface area contributed by atoms with Crippen LogP contribution in [0, 0.1) is 12.8 Å². The Balaban J connectivity index is 1.73. The lowest BCUT2D eigenvalue weighted by Gasteiger charge is -2.45. The summed E-state index contributed by atoms with van der Waals surface area (Å²) in [7, 11) is 1.66. The highest BCUT2D eigenvalue weighted by Crippen LogP contribution is 2.27. The van der Waals surface area contributed by atoms with E-state index >= 15 is 0 Å². The predicted molar refractivity (Wildman–Crippen MR) is 82.3 cm³/mol. The number of nitrogens with one attached hydrogen (secondary N) is 1. The van der Waals surface area contributed by atoms with Crippen LogP contribution in [0.2, 0.25) is 0 Å². The summed E-state index contributed by atoms with van der Waals surface area (Å²) in [5, 5.41) is 3.25. The van der Waals surface area contributed by atoms with Crippen LogP contribution in [0.15, 0.2) is 18.2 Å². The van der Waals surface area contributed by atoms with Gasteiger partial charge in [-0.3, -0.25) is 4.79 Å². The SMILES string of the molecule is COCc1cc(C)ccc1C(=O)NC1CN2CCC1CC2. The Kier molecular flexibility index (Phi) is 4.27. The van der Waals surface area contributed by atoms with Crippen molar-refractivity contribution in [1.82, 2.24) is 10.2 Å². The first-order valence-electron chi connectivity index (χ1n) is 7.79. The van der Waals surface area contributed by atoms with E-state index in [-0.39, 0.29) is 5.91 Å².